The van der Waals surface area contributed by atoms with E-state index in [-0.39, 0.29) is 0 Å². The minimum Gasteiger partial charge on any atom is -0.501 e. The molecule has 0 aliphatic carbocycles. The lowest BCUT2D eigenvalue weighted by Gasteiger charge is -2.06. The van der Waals surface area contributed by atoms with Crippen molar-refractivity contribution in [3.63, 3.8) is 0 Å². The summed E-state index contributed by atoms with van der Waals surface area (Å²) in [6.45, 7) is 4.88. The molecule has 0 atom stereocenters. The van der Waals surface area contributed by atoms with Crippen molar-refractivity contribution in [1.29, 1.82) is 0 Å². The van der Waals surface area contributed by atoms with Gasteiger partial charge in [0, 0.05) is 17.4 Å². The largest absolute Gasteiger partial charge is 0.501 e. The molecule has 0 radical (unpaired) electrons. The molecule has 2 heterocycles. The highest BCUT2D eigenvalue weighted by atomic mass is 32.1. The third-order valence-electron chi connectivity index (χ3n) is 3.06. The van der Waals surface area contributed by atoms with Crippen molar-refractivity contribution in [2.24, 2.45) is 0 Å². The maximum atomic E-state index is 10.8. The normalized spacial score (nSPS) is 24.4. The number of carbonyl (C=O) groups excluding carboxylic acids is 1. The van der Waals surface area contributed by atoms with Crippen molar-refractivity contribution < 1.29 is 9.53 Å². The van der Waals surface area contributed by atoms with Crippen LogP contribution < -0.4 is 0 Å². The summed E-state index contributed by atoms with van der Waals surface area (Å²) in [5.74, 6) is 0. The van der Waals surface area contributed by atoms with Gasteiger partial charge in [0.05, 0.1) is 12.9 Å². The molecule has 1 aromatic heterocycles. The zero-order valence-corrected chi connectivity index (χ0v) is 12.0. The lowest BCUT2D eigenvalue weighted by atomic mass is 10.0. The van der Waals surface area contributed by atoms with Gasteiger partial charge in [-0.2, -0.15) is 0 Å². The molecule has 1 aromatic rings. The topological polar surface area (TPSA) is 39.2 Å². The van der Waals surface area contributed by atoms with Crippen LogP contribution in [0.25, 0.3) is 5.57 Å². The molecule has 2 rings (SSSR count). The van der Waals surface area contributed by atoms with E-state index in [1.807, 2.05) is 13.0 Å². The van der Waals surface area contributed by atoms with Crippen molar-refractivity contribution in [3.05, 3.63) is 45.6 Å². The summed E-state index contributed by atoms with van der Waals surface area (Å²) in [6.07, 6.45) is 8.56. The molecule has 0 aromatic carbocycles. The minimum absolute atomic E-state index is 0.492. The second kappa shape index (κ2) is 6.48. The first-order valence-electron chi connectivity index (χ1n) is 6.34. The molecule has 0 amide bonds. The second-order valence-electron chi connectivity index (χ2n) is 4.37. The van der Waals surface area contributed by atoms with Gasteiger partial charge in [-0.05, 0) is 25.0 Å². The summed E-state index contributed by atoms with van der Waals surface area (Å²) in [5.41, 5.74) is 4.00. The maximum Gasteiger partial charge on any atom is 0.169 e. The molecular formula is C15H17NO2S. The second-order valence-corrected chi connectivity index (χ2v) is 5.23. The SMILES string of the molecule is CC\C1=C/C(c2nc(C=O)cs2)=C(C)\C=C\OCC1. The first-order chi connectivity index (χ1) is 9.24. The number of hydrogen-bond acceptors (Lipinski definition) is 4. The van der Waals surface area contributed by atoms with Crippen LogP contribution >= 0.6 is 11.3 Å². The van der Waals surface area contributed by atoms with Crippen LogP contribution in [0.1, 0.15) is 42.2 Å². The fourth-order valence-corrected chi connectivity index (χ4v) is 2.71. The van der Waals surface area contributed by atoms with Crippen LogP contribution in [0, 0.1) is 0 Å². The van der Waals surface area contributed by atoms with Gasteiger partial charge in [0.25, 0.3) is 0 Å². The Kier molecular flexibility index (Phi) is 4.68. The average Bonchev–Trinajstić information content (AvgIpc) is 2.91. The summed E-state index contributed by atoms with van der Waals surface area (Å²) in [5, 5.41) is 2.67. The molecule has 0 unspecified atom stereocenters. The van der Waals surface area contributed by atoms with Gasteiger partial charge < -0.3 is 4.74 Å². The monoisotopic (exact) mass is 275 g/mol. The molecule has 1 aliphatic rings. The van der Waals surface area contributed by atoms with Gasteiger partial charge in [-0.3, -0.25) is 4.79 Å². The van der Waals surface area contributed by atoms with Crippen molar-refractivity contribution in [2.75, 3.05) is 6.61 Å². The van der Waals surface area contributed by atoms with Gasteiger partial charge in [0.15, 0.2) is 6.29 Å². The standard InChI is InChI=1S/C15H17NO2S/c1-3-12-5-7-18-6-4-11(2)14(8-12)15-16-13(9-17)10-19-15/h4,6,8-10H,3,5,7H2,1-2H3/b6-4+,12-8+,14-11+. The Morgan fingerprint density at radius 3 is 3.05 bits per heavy atom. The molecule has 3 nitrogen and oxygen atoms in total. The van der Waals surface area contributed by atoms with E-state index < -0.39 is 0 Å². The van der Waals surface area contributed by atoms with Crippen LogP contribution in [0.2, 0.25) is 0 Å². The number of hydrogen-bond donors (Lipinski definition) is 0. The molecule has 4 heteroatoms. The Morgan fingerprint density at radius 2 is 2.37 bits per heavy atom. The van der Waals surface area contributed by atoms with Crippen LogP contribution in [0.3, 0.4) is 0 Å². The Labute approximate surface area is 117 Å². The molecule has 0 spiro atoms. The van der Waals surface area contributed by atoms with Crippen molar-refractivity contribution in [3.8, 4) is 0 Å². The first-order valence-corrected chi connectivity index (χ1v) is 7.22. The molecular weight excluding hydrogens is 258 g/mol. The number of ether oxygens (including phenoxy) is 1. The average molecular weight is 275 g/mol. The summed E-state index contributed by atoms with van der Waals surface area (Å²) < 4.78 is 5.44. The molecule has 1 aliphatic heterocycles. The predicted molar refractivity (Wildman–Crippen MR) is 78.2 cm³/mol. The molecule has 0 saturated carbocycles. The fraction of sp³-hybridized carbons (Fsp3) is 0.333. The summed E-state index contributed by atoms with van der Waals surface area (Å²) in [7, 11) is 0. The third-order valence-corrected chi connectivity index (χ3v) is 3.95. The number of nitrogens with zero attached hydrogens (tertiary/aromatic N) is 1. The Balaban J connectivity index is 2.48. The molecule has 0 N–H and O–H groups in total. The highest BCUT2D eigenvalue weighted by Crippen LogP contribution is 2.27. The summed E-state index contributed by atoms with van der Waals surface area (Å²) >= 11 is 1.50. The van der Waals surface area contributed by atoms with Gasteiger partial charge in [-0.15, -0.1) is 11.3 Å². The first kappa shape index (κ1) is 13.7. The van der Waals surface area contributed by atoms with Gasteiger partial charge >= 0.3 is 0 Å². The Hall–Kier alpha value is -1.68. The van der Waals surface area contributed by atoms with E-state index in [9.17, 15) is 4.79 Å². The van der Waals surface area contributed by atoms with E-state index in [1.165, 1.54) is 16.9 Å². The van der Waals surface area contributed by atoms with Gasteiger partial charge in [-0.25, -0.2) is 4.98 Å². The molecule has 100 valence electrons. The third kappa shape index (κ3) is 3.41. The number of aromatic nitrogens is 1. The summed E-state index contributed by atoms with van der Waals surface area (Å²) in [4.78, 5) is 15.1. The van der Waals surface area contributed by atoms with Crippen LogP contribution in [-0.4, -0.2) is 17.9 Å². The lowest BCUT2D eigenvalue weighted by molar-refractivity contribution is 0.111. The Bertz CT molecular complexity index is 552. The van der Waals surface area contributed by atoms with Gasteiger partial charge in [-0.1, -0.05) is 18.6 Å². The number of thiazole rings is 1. The zero-order valence-electron chi connectivity index (χ0n) is 11.2. The zero-order chi connectivity index (χ0) is 13.7. The summed E-state index contributed by atoms with van der Waals surface area (Å²) in [6, 6.07) is 0. The van der Waals surface area contributed by atoms with Crippen LogP contribution in [0.5, 0.6) is 0 Å². The highest BCUT2D eigenvalue weighted by molar-refractivity contribution is 7.11. The van der Waals surface area contributed by atoms with E-state index in [4.69, 9.17) is 4.74 Å². The van der Waals surface area contributed by atoms with E-state index in [2.05, 4.69) is 18.0 Å². The van der Waals surface area contributed by atoms with Crippen molar-refractivity contribution >= 4 is 23.2 Å². The van der Waals surface area contributed by atoms with Crippen LogP contribution in [0.4, 0.5) is 0 Å². The number of carbonyl (C=O) groups is 1. The molecule has 0 saturated heterocycles. The van der Waals surface area contributed by atoms with Crippen molar-refractivity contribution in [2.45, 2.75) is 26.7 Å². The predicted octanol–water partition coefficient (Wildman–Crippen LogP) is 4.00. The molecule has 19 heavy (non-hydrogen) atoms. The minimum atomic E-state index is 0.492. The smallest absolute Gasteiger partial charge is 0.169 e. The van der Waals surface area contributed by atoms with Gasteiger partial charge in [0.1, 0.15) is 10.7 Å². The molecule has 0 fully saturated rings. The van der Waals surface area contributed by atoms with E-state index >= 15 is 0 Å². The number of rotatable bonds is 3. The van der Waals surface area contributed by atoms with Crippen LogP contribution in [-0.2, 0) is 4.74 Å². The lowest BCUT2D eigenvalue weighted by Crippen LogP contribution is -1.91. The number of aldehydes is 1. The van der Waals surface area contributed by atoms with Crippen molar-refractivity contribution in [1.82, 2.24) is 4.98 Å². The Morgan fingerprint density at radius 1 is 1.53 bits per heavy atom. The van der Waals surface area contributed by atoms with E-state index in [1.54, 1.807) is 11.6 Å². The molecule has 0 bridgehead atoms. The quantitative estimate of drug-likeness (QED) is 0.783. The van der Waals surface area contributed by atoms with Gasteiger partial charge in [0.2, 0.25) is 0 Å². The maximum absolute atomic E-state index is 10.8. The van der Waals surface area contributed by atoms with Crippen LogP contribution in [0.15, 0.2) is 34.9 Å². The van der Waals surface area contributed by atoms with E-state index in [0.717, 1.165) is 35.3 Å². The highest BCUT2D eigenvalue weighted by Gasteiger charge is 2.10. The number of allylic oxidation sites excluding steroid dienone is 4. The fourth-order valence-electron chi connectivity index (χ4n) is 1.86. The van der Waals surface area contributed by atoms with E-state index in [0.29, 0.717) is 12.3 Å².